The number of benzene rings is 1. The van der Waals surface area contributed by atoms with Crippen LogP contribution in [0.25, 0.3) is 0 Å². The van der Waals surface area contributed by atoms with Gasteiger partial charge < -0.3 is 19.9 Å². The van der Waals surface area contributed by atoms with E-state index >= 15 is 4.39 Å². The molecule has 2 fully saturated rings. The zero-order chi connectivity index (χ0) is 26.3. The first kappa shape index (κ1) is 26.6. The predicted octanol–water partition coefficient (Wildman–Crippen LogP) is 4.68. The van der Waals surface area contributed by atoms with E-state index in [1.54, 1.807) is 0 Å². The summed E-state index contributed by atoms with van der Waals surface area (Å²) >= 11 is 0. The average Bonchev–Trinajstić information content (AvgIpc) is 3.37. The van der Waals surface area contributed by atoms with Gasteiger partial charge in [0, 0.05) is 18.0 Å². The number of nitrogens with zero attached hydrogens (tertiary/aromatic N) is 2. The lowest BCUT2D eigenvalue weighted by molar-refractivity contribution is -0.0473. The molecule has 1 aromatic carbocycles. The van der Waals surface area contributed by atoms with Gasteiger partial charge in [0.15, 0.2) is 12.5 Å². The van der Waals surface area contributed by atoms with Crippen molar-refractivity contribution in [2.24, 2.45) is 0 Å². The second-order valence-electron chi connectivity index (χ2n) is 9.36. The summed E-state index contributed by atoms with van der Waals surface area (Å²) in [5, 5.41) is 16.0. The standard InChI is InChI=1S/C24H29F5N4O3/c1-12(14-5-4-6-15(17(14)26)23(3,28)29)30-20-16(22-35-9-10-36-22)19(31-13(2)32-20)18(27)21(34)33-24(11-25)7-8-24/h4-6,12,18,21-22,33-34H,7-11H2,1-3H3,(H,30,31,32). The number of ether oxygens (including phenoxy) is 2. The van der Waals surface area contributed by atoms with Gasteiger partial charge in [-0.1, -0.05) is 18.2 Å². The zero-order valence-electron chi connectivity index (χ0n) is 20.1. The van der Waals surface area contributed by atoms with E-state index in [1.165, 1.54) is 26.0 Å². The molecule has 36 heavy (non-hydrogen) atoms. The number of nitrogens with one attached hydrogen (secondary N) is 2. The second kappa shape index (κ2) is 10.2. The Labute approximate surface area is 205 Å². The molecule has 1 saturated heterocycles. The van der Waals surface area contributed by atoms with E-state index in [2.05, 4.69) is 20.6 Å². The first-order valence-electron chi connectivity index (χ1n) is 11.7. The summed E-state index contributed by atoms with van der Waals surface area (Å²) in [7, 11) is 0. The fourth-order valence-electron chi connectivity index (χ4n) is 4.19. The number of aliphatic hydroxyl groups excluding tert-OH is 1. The fraction of sp³-hybridized carbons (Fsp3) is 0.583. The number of rotatable bonds is 10. The monoisotopic (exact) mass is 516 g/mol. The average molecular weight is 517 g/mol. The maximum atomic E-state index is 15.6. The quantitative estimate of drug-likeness (QED) is 0.312. The normalized spacial score (nSPS) is 20.2. The van der Waals surface area contributed by atoms with Crippen molar-refractivity contribution in [3.05, 3.63) is 52.2 Å². The molecule has 0 spiro atoms. The molecule has 2 heterocycles. The van der Waals surface area contributed by atoms with E-state index in [9.17, 15) is 22.7 Å². The molecule has 7 nitrogen and oxygen atoms in total. The summed E-state index contributed by atoms with van der Waals surface area (Å²) in [6.07, 6.45) is -4.04. The van der Waals surface area contributed by atoms with Gasteiger partial charge in [0.05, 0.1) is 36.1 Å². The highest BCUT2D eigenvalue weighted by molar-refractivity contribution is 5.51. The molecule has 12 heteroatoms. The second-order valence-corrected chi connectivity index (χ2v) is 9.36. The van der Waals surface area contributed by atoms with Crippen molar-refractivity contribution >= 4 is 5.82 Å². The lowest BCUT2D eigenvalue weighted by atomic mass is 10.0. The Morgan fingerprint density at radius 1 is 1.22 bits per heavy atom. The Morgan fingerprint density at radius 2 is 1.89 bits per heavy atom. The van der Waals surface area contributed by atoms with Crippen LogP contribution < -0.4 is 10.6 Å². The van der Waals surface area contributed by atoms with Gasteiger partial charge in [-0.3, -0.25) is 5.32 Å². The molecule has 0 radical (unpaired) electrons. The van der Waals surface area contributed by atoms with Crippen molar-refractivity contribution in [2.75, 3.05) is 25.2 Å². The molecule has 198 valence electrons. The Kier molecular flexibility index (Phi) is 7.52. The molecule has 1 aliphatic heterocycles. The number of hydrogen-bond acceptors (Lipinski definition) is 7. The lowest BCUT2D eigenvalue weighted by Gasteiger charge is -2.27. The van der Waals surface area contributed by atoms with Crippen LogP contribution in [0.1, 0.15) is 73.4 Å². The third kappa shape index (κ3) is 5.46. The molecule has 0 amide bonds. The largest absolute Gasteiger partial charge is 0.375 e. The van der Waals surface area contributed by atoms with Gasteiger partial charge in [0.25, 0.3) is 5.92 Å². The Balaban J connectivity index is 1.70. The summed E-state index contributed by atoms with van der Waals surface area (Å²) in [5.74, 6) is -4.31. The van der Waals surface area contributed by atoms with Gasteiger partial charge in [0.1, 0.15) is 30.4 Å². The molecule has 2 aliphatic rings. The Hall–Kier alpha value is -2.41. The van der Waals surface area contributed by atoms with Crippen molar-refractivity contribution in [3.8, 4) is 0 Å². The number of aryl methyl sites for hydroxylation is 1. The van der Waals surface area contributed by atoms with E-state index < -0.39 is 54.2 Å². The highest BCUT2D eigenvalue weighted by Gasteiger charge is 2.46. The van der Waals surface area contributed by atoms with E-state index in [0.717, 1.165) is 6.07 Å². The van der Waals surface area contributed by atoms with Gasteiger partial charge in [-0.25, -0.2) is 31.9 Å². The van der Waals surface area contributed by atoms with Gasteiger partial charge in [0.2, 0.25) is 0 Å². The van der Waals surface area contributed by atoms with Crippen molar-refractivity contribution < 1.29 is 36.5 Å². The maximum Gasteiger partial charge on any atom is 0.273 e. The zero-order valence-corrected chi connectivity index (χ0v) is 20.1. The highest BCUT2D eigenvalue weighted by Crippen LogP contribution is 2.41. The number of anilines is 1. The van der Waals surface area contributed by atoms with Crippen LogP contribution in [0, 0.1) is 12.7 Å². The highest BCUT2D eigenvalue weighted by atomic mass is 19.3. The number of halogens is 5. The van der Waals surface area contributed by atoms with Crippen LogP contribution in [0.4, 0.5) is 27.8 Å². The molecule has 1 saturated carbocycles. The molecule has 3 atom stereocenters. The van der Waals surface area contributed by atoms with E-state index in [4.69, 9.17) is 9.47 Å². The van der Waals surface area contributed by atoms with Gasteiger partial charge in [-0.05, 0) is 26.7 Å². The van der Waals surface area contributed by atoms with Crippen molar-refractivity contribution in [2.45, 2.75) is 69.8 Å². The van der Waals surface area contributed by atoms with Gasteiger partial charge in [-0.15, -0.1) is 0 Å². The SMILES string of the molecule is Cc1nc(NC(C)c2cccc(C(C)(F)F)c2F)c(C2OCCO2)c(C(F)C(O)NC2(CF)CC2)n1. The van der Waals surface area contributed by atoms with Crippen molar-refractivity contribution in [3.63, 3.8) is 0 Å². The van der Waals surface area contributed by atoms with Crippen LogP contribution >= 0.6 is 0 Å². The first-order valence-corrected chi connectivity index (χ1v) is 11.7. The first-order chi connectivity index (χ1) is 17.0. The van der Waals surface area contributed by atoms with E-state index in [-0.39, 0.29) is 41.7 Å². The molecule has 4 rings (SSSR count). The summed E-state index contributed by atoms with van der Waals surface area (Å²) in [6.45, 7) is 3.29. The van der Waals surface area contributed by atoms with Gasteiger partial charge >= 0.3 is 0 Å². The molecular weight excluding hydrogens is 487 g/mol. The van der Waals surface area contributed by atoms with Crippen LogP contribution in [-0.2, 0) is 15.4 Å². The van der Waals surface area contributed by atoms with Crippen molar-refractivity contribution in [1.29, 1.82) is 0 Å². The van der Waals surface area contributed by atoms with Crippen LogP contribution in [0.15, 0.2) is 18.2 Å². The number of alkyl halides is 4. The number of aromatic nitrogens is 2. The van der Waals surface area contributed by atoms with E-state index in [0.29, 0.717) is 19.8 Å². The molecule has 2 aromatic rings. The molecular formula is C24H29F5N4O3. The van der Waals surface area contributed by atoms with Gasteiger partial charge in [-0.2, -0.15) is 0 Å². The van der Waals surface area contributed by atoms with Crippen LogP contribution in [0.2, 0.25) is 0 Å². The summed E-state index contributed by atoms with van der Waals surface area (Å²) in [6, 6.07) is 2.81. The van der Waals surface area contributed by atoms with Crippen LogP contribution in [0.3, 0.4) is 0 Å². The molecule has 1 aromatic heterocycles. The predicted molar refractivity (Wildman–Crippen MR) is 120 cm³/mol. The third-order valence-electron chi connectivity index (χ3n) is 6.37. The maximum absolute atomic E-state index is 15.6. The molecule has 1 aliphatic carbocycles. The van der Waals surface area contributed by atoms with E-state index in [1.807, 2.05) is 0 Å². The number of hydrogen-bond donors (Lipinski definition) is 3. The number of aliphatic hydroxyl groups is 1. The molecule has 0 bridgehead atoms. The minimum Gasteiger partial charge on any atom is -0.375 e. The van der Waals surface area contributed by atoms with Crippen LogP contribution in [0.5, 0.6) is 0 Å². The Morgan fingerprint density at radius 3 is 2.47 bits per heavy atom. The van der Waals surface area contributed by atoms with Crippen molar-refractivity contribution in [1.82, 2.24) is 15.3 Å². The Bertz CT molecular complexity index is 1090. The summed E-state index contributed by atoms with van der Waals surface area (Å²) < 4.78 is 82.7. The minimum atomic E-state index is -3.39. The molecule has 3 N–H and O–H groups in total. The smallest absolute Gasteiger partial charge is 0.273 e. The fourth-order valence-corrected chi connectivity index (χ4v) is 4.19. The summed E-state index contributed by atoms with van der Waals surface area (Å²) in [4.78, 5) is 8.47. The minimum absolute atomic E-state index is 0.0337. The lowest BCUT2D eigenvalue weighted by Crippen LogP contribution is -2.44. The third-order valence-corrected chi connectivity index (χ3v) is 6.37. The summed E-state index contributed by atoms with van der Waals surface area (Å²) in [5.41, 5.74) is -1.97. The van der Waals surface area contributed by atoms with Crippen LogP contribution in [-0.4, -0.2) is 46.7 Å². The molecule has 3 unspecified atom stereocenters. The topological polar surface area (TPSA) is 88.5 Å².